The number of benzene rings is 3. The van der Waals surface area contributed by atoms with E-state index in [0.29, 0.717) is 16.8 Å². The lowest BCUT2D eigenvalue weighted by atomic mass is 10.2. The Bertz CT molecular complexity index is 961. The van der Waals surface area contributed by atoms with Gasteiger partial charge in [-0.3, -0.25) is 0 Å². The summed E-state index contributed by atoms with van der Waals surface area (Å²) in [5.74, 6) is 1.50. The van der Waals surface area contributed by atoms with Crippen LogP contribution in [0, 0.1) is 0 Å². The van der Waals surface area contributed by atoms with Gasteiger partial charge in [-0.1, -0.05) is 84.0 Å². The maximum absolute atomic E-state index is 6.15. The van der Waals surface area contributed by atoms with Gasteiger partial charge in [-0.25, -0.2) is 0 Å². The van der Waals surface area contributed by atoms with Gasteiger partial charge >= 0.3 is 0 Å². The fraction of sp³-hybridized carbons (Fsp3) is 0.0909. The summed E-state index contributed by atoms with van der Waals surface area (Å²) in [6.07, 6.45) is 1.65. The van der Waals surface area contributed by atoms with Crippen LogP contribution in [0.15, 0.2) is 89.1 Å². The van der Waals surface area contributed by atoms with Crippen LogP contribution in [0.1, 0.15) is 16.7 Å². The first-order chi connectivity index (χ1) is 13.7. The molecule has 0 atom stereocenters. The number of rotatable bonds is 7. The van der Waals surface area contributed by atoms with Crippen LogP contribution in [0.25, 0.3) is 0 Å². The molecule has 0 heterocycles. The van der Waals surface area contributed by atoms with Gasteiger partial charge in [0.15, 0.2) is 5.17 Å². The number of nitrogens with two attached hydrogens (primary N) is 1. The van der Waals surface area contributed by atoms with Crippen molar-refractivity contribution in [3.63, 3.8) is 0 Å². The number of hydrogen-bond acceptors (Lipinski definition) is 4. The SMILES string of the molecule is NC(=NN=Cc1cccc(OCc2ccccc2Cl)c1)SCc1ccccc1. The molecule has 3 aromatic carbocycles. The van der Waals surface area contributed by atoms with Crippen LogP contribution in [-0.4, -0.2) is 11.4 Å². The minimum Gasteiger partial charge on any atom is -0.489 e. The van der Waals surface area contributed by atoms with Gasteiger partial charge < -0.3 is 10.5 Å². The molecule has 0 unspecified atom stereocenters. The van der Waals surface area contributed by atoms with E-state index in [9.17, 15) is 0 Å². The average molecular weight is 410 g/mol. The Labute approximate surface area is 174 Å². The molecular weight excluding hydrogens is 390 g/mol. The molecule has 0 aliphatic carbocycles. The third-order valence-corrected chi connectivity index (χ3v) is 5.03. The van der Waals surface area contributed by atoms with Crippen LogP contribution < -0.4 is 10.5 Å². The highest BCUT2D eigenvalue weighted by Crippen LogP contribution is 2.19. The van der Waals surface area contributed by atoms with E-state index in [1.807, 2.05) is 66.7 Å². The monoisotopic (exact) mass is 409 g/mol. The van der Waals surface area contributed by atoms with Gasteiger partial charge in [0.1, 0.15) is 12.4 Å². The second kappa shape index (κ2) is 10.5. The maximum atomic E-state index is 6.15. The van der Waals surface area contributed by atoms with Crippen LogP contribution in [0.3, 0.4) is 0 Å². The second-order valence-corrected chi connectivity index (χ2v) is 7.31. The summed E-state index contributed by atoms with van der Waals surface area (Å²) in [6.45, 7) is 0.404. The van der Waals surface area contributed by atoms with Crippen molar-refractivity contribution in [2.24, 2.45) is 15.9 Å². The number of halogens is 1. The second-order valence-electron chi connectivity index (χ2n) is 5.91. The lowest BCUT2D eigenvalue weighted by Crippen LogP contribution is -2.06. The van der Waals surface area contributed by atoms with E-state index in [-0.39, 0.29) is 0 Å². The number of nitrogens with zero attached hydrogens (tertiary/aromatic N) is 2. The van der Waals surface area contributed by atoms with Crippen molar-refractivity contribution in [1.82, 2.24) is 0 Å². The zero-order valence-electron chi connectivity index (χ0n) is 15.2. The molecule has 3 rings (SSSR count). The van der Waals surface area contributed by atoms with Gasteiger partial charge in [0.2, 0.25) is 0 Å². The Balaban J connectivity index is 1.54. The zero-order valence-corrected chi connectivity index (χ0v) is 16.7. The molecule has 3 aromatic rings. The van der Waals surface area contributed by atoms with Gasteiger partial charge in [0.05, 0.1) is 6.21 Å². The number of ether oxygens (including phenoxy) is 1. The van der Waals surface area contributed by atoms with E-state index in [0.717, 1.165) is 22.6 Å². The fourth-order valence-corrected chi connectivity index (χ4v) is 3.18. The molecule has 142 valence electrons. The van der Waals surface area contributed by atoms with Crippen molar-refractivity contribution < 1.29 is 4.74 Å². The van der Waals surface area contributed by atoms with Crippen molar-refractivity contribution in [2.45, 2.75) is 12.4 Å². The summed E-state index contributed by atoms with van der Waals surface area (Å²) in [5, 5.41) is 9.22. The Kier molecular flexibility index (Phi) is 7.53. The Morgan fingerprint density at radius 3 is 2.61 bits per heavy atom. The molecule has 28 heavy (non-hydrogen) atoms. The van der Waals surface area contributed by atoms with Gasteiger partial charge in [0.25, 0.3) is 0 Å². The number of amidine groups is 1. The topological polar surface area (TPSA) is 60.0 Å². The standard InChI is InChI=1S/C22H20ClN3OS/c23-21-12-5-4-10-19(21)15-27-20-11-6-9-18(13-20)14-25-26-22(24)28-16-17-7-2-1-3-8-17/h1-14H,15-16H2,(H2,24,26). The number of thioether (sulfide) groups is 1. The lowest BCUT2D eigenvalue weighted by Gasteiger charge is -2.08. The molecule has 0 saturated heterocycles. The van der Waals surface area contributed by atoms with E-state index in [4.69, 9.17) is 22.1 Å². The maximum Gasteiger partial charge on any atom is 0.180 e. The summed E-state index contributed by atoms with van der Waals surface area (Å²) < 4.78 is 5.82. The van der Waals surface area contributed by atoms with Crippen molar-refractivity contribution in [2.75, 3.05) is 0 Å². The highest BCUT2D eigenvalue weighted by molar-refractivity contribution is 8.13. The molecule has 0 aliphatic heterocycles. The van der Waals surface area contributed by atoms with E-state index in [1.165, 1.54) is 17.3 Å². The highest BCUT2D eigenvalue weighted by atomic mass is 35.5. The molecular formula is C22H20ClN3OS. The van der Waals surface area contributed by atoms with E-state index >= 15 is 0 Å². The Morgan fingerprint density at radius 1 is 1.00 bits per heavy atom. The van der Waals surface area contributed by atoms with E-state index < -0.39 is 0 Å². The molecule has 2 N–H and O–H groups in total. The van der Waals surface area contributed by atoms with Gasteiger partial charge in [-0.15, -0.1) is 5.10 Å². The largest absolute Gasteiger partial charge is 0.489 e. The van der Waals surface area contributed by atoms with Crippen molar-refractivity contribution in [1.29, 1.82) is 0 Å². The molecule has 0 aromatic heterocycles. The molecule has 0 aliphatic rings. The van der Waals surface area contributed by atoms with Crippen LogP contribution in [0.4, 0.5) is 0 Å². The average Bonchev–Trinajstić information content (AvgIpc) is 2.73. The summed E-state index contributed by atoms with van der Waals surface area (Å²) in [6, 6.07) is 25.3. The highest BCUT2D eigenvalue weighted by Gasteiger charge is 2.01. The number of hydrogen-bond donors (Lipinski definition) is 1. The molecule has 0 spiro atoms. The lowest BCUT2D eigenvalue weighted by molar-refractivity contribution is 0.306. The van der Waals surface area contributed by atoms with Crippen molar-refractivity contribution in [3.8, 4) is 5.75 Å². The Hall–Kier alpha value is -2.76. The summed E-state index contributed by atoms with van der Waals surface area (Å²) in [4.78, 5) is 0. The van der Waals surface area contributed by atoms with Crippen molar-refractivity contribution in [3.05, 3.63) is 101 Å². The molecule has 0 fully saturated rings. The normalized spacial score (nSPS) is 11.7. The Morgan fingerprint density at radius 2 is 1.79 bits per heavy atom. The molecule has 4 nitrogen and oxygen atoms in total. The zero-order chi connectivity index (χ0) is 19.6. The summed E-state index contributed by atoms with van der Waals surface area (Å²) >= 11 is 7.61. The summed E-state index contributed by atoms with van der Waals surface area (Å²) in [7, 11) is 0. The van der Waals surface area contributed by atoms with E-state index in [1.54, 1.807) is 6.21 Å². The van der Waals surface area contributed by atoms with Crippen molar-refractivity contribution >= 4 is 34.7 Å². The van der Waals surface area contributed by atoms with Crippen LogP contribution in [0.5, 0.6) is 5.75 Å². The van der Waals surface area contributed by atoms with Crippen LogP contribution in [-0.2, 0) is 12.4 Å². The van der Waals surface area contributed by atoms with Gasteiger partial charge in [-0.2, -0.15) is 5.10 Å². The van der Waals surface area contributed by atoms with Crippen LogP contribution in [0.2, 0.25) is 5.02 Å². The third kappa shape index (κ3) is 6.44. The van der Waals surface area contributed by atoms with Crippen LogP contribution >= 0.6 is 23.4 Å². The molecule has 0 bridgehead atoms. The predicted molar refractivity (Wildman–Crippen MR) is 119 cm³/mol. The summed E-state index contributed by atoms with van der Waals surface area (Å²) in [5.41, 5.74) is 8.91. The first kappa shape index (κ1) is 20.0. The quantitative estimate of drug-likeness (QED) is 0.318. The molecule has 0 amide bonds. The predicted octanol–water partition coefficient (Wildman–Crippen LogP) is 5.50. The van der Waals surface area contributed by atoms with Gasteiger partial charge in [-0.05, 0) is 29.3 Å². The smallest absolute Gasteiger partial charge is 0.180 e. The minimum absolute atomic E-state index is 0.404. The first-order valence-corrected chi connectivity index (χ1v) is 10.1. The van der Waals surface area contributed by atoms with E-state index in [2.05, 4.69) is 22.3 Å². The fourth-order valence-electron chi connectivity index (χ4n) is 2.37. The first-order valence-electron chi connectivity index (χ1n) is 8.70. The molecule has 0 saturated carbocycles. The molecule has 0 radical (unpaired) electrons. The molecule has 6 heteroatoms. The minimum atomic E-state index is 0.404. The van der Waals surface area contributed by atoms with Gasteiger partial charge in [0, 0.05) is 16.3 Å². The third-order valence-electron chi connectivity index (χ3n) is 3.80.